The maximum Gasteiger partial charge on any atom is 0.162 e. The van der Waals surface area contributed by atoms with Gasteiger partial charge in [0.25, 0.3) is 0 Å². The van der Waals surface area contributed by atoms with Gasteiger partial charge in [0.1, 0.15) is 23.5 Å². The van der Waals surface area contributed by atoms with Crippen LogP contribution in [0.4, 0.5) is 11.5 Å². The molecular formula is C24H22N6O2. The molecule has 6 rings (SSSR count). The molecule has 1 saturated heterocycles. The Labute approximate surface area is 184 Å². The summed E-state index contributed by atoms with van der Waals surface area (Å²) in [6.07, 6.45) is 5.52. The number of ether oxygens (including phenoxy) is 2. The van der Waals surface area contributed by atoms with Gasteiger partial charge < -0.3 is 19.8 Å². The van der Waals surface area contributed by atoms with Gasteiger partial charge in [-0.25, -0.2) is 15.0 Å². The molecule has 0 spiro atoms. The van der Waals surface area contributed by atoms with E-state index in [1.54, 1.807) is 6.33 Å². The Kier molecular flexibility index (Phi) is 4.69. The number of hydrogen-bond donors (Lipinski definition) is 2. The van der Waals surface area contributed by atoms with Gasteiger partial charge in [-0.2, -0.15) is 5.10 Å². The van der Waals surface area contributed by atoms with Crippen LogP contribution in [0.5, 0.6) is 11.5 Å². The quantitative estimate of drug-likeness (QED) is 0.499. The number of aromatic nitrogens is 3. The van der Waals surface area contributed by atoms with Gasteiger partial charge in [0.15, 0.2) is 11.7 Å². The minimum Gasteiger partial charge on any atom is -0.457 e. The van der Waals surface area contributed by atoms with Crippen LogP contribution in [0.3, 0.4) is 0 Å². The number of aromatic amines is 1. The Morgan fingerprint density at radius 2 is 1.88 bits per heavy atom. The van der Waals surface area contributed by atoms with Crippen LogP contribution in [0.15, 0.2) is 72.2 Å². The van der Waals surface area contributed by atoms with Gasteiger partial charge in [0.2, 0.25) is 0 Å². The SMILES string of the molecule is c1ccc(Oc2ccc(NC3=NN(C4CCCOC4)c4ncnc5[nH]cc3c45)cc2)cc1. The molecule has 2 N–H and O–H groups in total. The van der Waals surface area contributed by atoms with Crippen molar-refractivity contribution in [2.75, 3.05) is 23.5 Å². The molecule has 8 nitrogen and oxygen atoms in total. The molecule has 4 heterocycles. The molecule has 2 aromatic carbocycles. The lowest BCUT2D eigenvalue weighted by Gasteiger charge is -2.34. The summed E-state index contributed by atoms with van der Waals surface area (Å²) < 4.78 is 11.6. The summed E-state index contributed by atoms with van der Waals surface area (Å²) >= 11 is 0. The summed E-state index contributed by atoms with van der Waals surface area (Å²) in [6, 6.07) is 17.7. The summed E-state index contributed by atoms with van der Waals surface area (Å²) in [4.78, 5) is 12.2. The number of H-pyrrole nitrogens is 1. The number of nitrogens with one attached hydrogen (secondary N) is 2. The van der Waals surface area contributed by atoms with E-state index in [9.17, 15) is 0 Å². The number of para-hydroxylation sites is 1. The molecule has 2 aliphatic rings. The minimum atomic E-state index is 0.142. The van der Waals surface area contributed by atoms with Crippen LogP contribution in [-0.2, 0) is 4.74 Å². The molecular weight excluding hydrogens is 404 g/mol. The molecule has 0 saturated carbocycles. The van der Waals surface area contributed by atoms with Gasteiger partial charge in [-0.3, -0.25) is 0 Å². The second-order valence-corrected chi connectivity index (χ2v) is 7.85. The third-order valence-corrected chi connectivity index (χ3v) is 5.71. The predicted molar refractivity (Wildman–Crippen MR) is 123 cm³/mol. The first-order valence-electron chi connectivity index (χ1n) is 10.7. The van der Waals surface area contributed by atoms with E-state index in [0.717, 1.165) is 64.9 Å². The number of benzene rings is 2. The first kappa shape index (κ1) is 18.8. The van der Waals surface area contributed by atoms with E-state index < -0.39 is 0 Å². The third kappa shape index (κ3) is 3.44. The van der Waals surface area contributed by atoms with Gasteiger partial charge in [-0.1, -0.05) is 18.2 Å². The molecule has 0 aliphatic carbocycles. The highest BCUT2D eigenvalue weighted by molar-refractivity contribution is 6.19. The van der Waals surface area contributed by atoms with Crippen molar-refractivity contribution in [2.24, 2.45) is 5.10 Å². The number of nitrogens with zero attached hydrogens (tertiary/aromatic N) is 4. The first-order valence-corrected chi connectivity index (χ1v) is 10.7. The topological polar surface area (TPSA) is 87.7 Å². The van der Waals surface area contributed by atoms with Gasteiger partial charge in [-0.05, 0) is 49.2 Å². The molecule has 1 unspecified atom stereocenters. The van der Waals surface area contributed by atoms with Crippen LogP contribution in [-0.4, -0.2) is 40.0 Å². The molecule has 0 bridgehead atoms. The molecule has 1 atom stereocenters. The Morgan fingerprint density at radius 3 is 2.69 bits per heavy atom. The Hall–Kier alpha value is -3.91. The molecule has 1 fully saturated rings. The lowest BCUT2D eigenvalue weighted by atomic mass is 10.1. The van der Waals surface area contributed by atoms with Gasteiger partial charge in [0.05, 0.1) is 18.0 Å². The molecule has 0 amide bonds. The van der Waals surface area contributed by atoms with E-state index in [2.05, 4.69) is 20.3 Å². The van der Waals surface area contributed by atoms with Crippen molar-refractivity contribution >= 4 is 28.4 Å². The molecule has 0 radical (unpaired) electrons. The van der Waals surface area contributed by atoms with Crippen molar-refractivity contribution < 1.29 is 9.47 Å². The predicted octanol–water partition coefficient (Wildman–Crippen LogP) is 4.52. The minimum absolute atomic E-state index is 0.142. The van der Waals surface area contributed by atoms with Gasteiger partial charge in [0, 0.05) is 24.1 Å². The highest BCUT2D eigenvalue weighted by atomic mass is 16.5. The van der Waals surface area contributed by atoms with E-state index in [0.29, 0.717) is 6.61 Å². The van der Waals surface area contributed by atoms with Gasteiger partial charge >= 0.3 is 0 Å². The zero-order valence-electron chi connectivity index (χ0n) is 17.4. The average Bonchev–Trinajstić information content (AvgIpc) is 3.29. The second-order valence-electron chi connectivity index (χ2n) is 7.85. The molecule has 2 aromatic heterocycles. The van der Waals surface area contributed by atoms with E-state index in [4.69, 9.17) is 14.6 Å². The number of anilines is 2. The first-order chi connectivity index (χ1) is 15.8. The fourth-order valence-corrected chi connectivity index (χ4v) is 4.15. The van der Waals surface area contributed by atoms with Crippen LogP contribution in [0.1, 0.15) is 18.4 Å². The standard InChI is InChI=1S/C24H22N6O2/c1-2-6-18(7-3-1)32-19-10-8-16(9-11-19)28-22-20-13-25-23-21(20)24(27-15-26-23)30(29-22)17-5-4-12-31-14-17/h1-3,6-11,13,15,17H,4-5,12,14H2,(H,28,29)(H,25,26,27). The third-order valence-electron chi connectivity index (χ3n) is 5.71. The Morgan fingerprint density at radius 1 is 1.03 bits per heavy atom. The van der Waals surface area contributed by atoms with E-state index in [1.165, 1.54) is 0 Å². The van der Waals surface area contributed by atoms with Crippen LogP contribution in [0.25, 0.3) is 11.0 Å². The molecule has 4 aromatic rings. The summed E-state index contributed by atoms with van der Waals surface area (Å²) in [5.74, 6) is 3.15. The summed E-state index contributed by atoms with van der Waals surface area (Å²) in [5, 5.41) is 11.4. The van der Waals surface area contributed by atoms with Crippen molar-refractivity contribution in [1.29, 1.82) is 0 Å². The molecule has 8 heteroatoms. The zero-order chi connectivity index (χ0) is 21.3. The number of hydrogen-bond acceptors (Lipinski definition) is 7. The maximum absolute atomic E-state index is 5.90. The number of hydrazone groups is 1. The number of amidine groups is 1. The van der Waals surface area contributed by atoms with Crippen LogP contribution in [0.2, 0.25) is 0 Å². The van der Waals surface area contributed by atoms with Crippen molar-refractivity contribution in [2.45, 2.75) is 18.9 Å². The summed E-state index contributed by atoms with van der Waals surface area (Å²) in [5.41, 5.74) is 2.67. The van der Waals surface area contributed by atoms with Crippen molar-refractivity contribution in [3.63, 3.8) is 0 Å². The Balaban J connectivity index is 1.30. The normalized spacial score (nSPS) is 17.8. The van der Waals surface area contributed by atoms with Crippen LogP contribution in [0, 0.1) is 0 Å². The zero-order valence-corrected chi connectivity index (χ0v) is 17.4. The molecule has 160 valence electrons. The lowest BCUT2D eigenvalue weighted by molar-refractivity contribution is 0.0792. The molecule has 32 heavy (non-hydrogen) atoms. The fraction of sp³-hybridized carbons (Fsp3) is 0.208. The highest BCUT2D eigenvalue weighted by Gasteiger charge is 2.31. The summed E-state index contributed by atoms with van der Waals surface area (Å²) in [7, 11) is 0. The Bertz CT molecular complexity index is 1260. The number of rotatable bonds is 4. The second kappa shape index (κ2) is 7.97. The average molecular weight is 426 g/mol. The van der Waals surface area contributed by atoms with Crippen LogP contribution >= 0.6 is 0 Å². The maximum atomic E-state index is 5.90. The fourth-order valence-electron chi connectivity index (χ4n) is 4.15. The van der Waals surface area contributed by atoms with Crippen LogP contribution < -0.4 is 15.1 Å². The van der Waals surface area contributed by atoms with E-state index >= 15 is 0 Å². The monoisotopic (exact) mass is 426 g/mol. The van der Waals surface area contributed by atoms with Gasteiger partial charge in [-0.15, -0.1) is 0 Å². The summed E-state index contributed by atoms with van der Waals surface area (Å²) in [6.45, 7) is 1.43. The van der Waals surface area contributed by atoms with Crippen molar-refractivity contribution in [1.82, 2.24) is 15.0 Å². The lowest BCUT2D eigenvalue weighted by Crippen LogP contribution is -2.41. The highest BCUT2D eigenvalue weighted by Crippen LogP contribution is 2.34. The molecule has 2 aliphatic heterocycles. The van der Waals surface area contributed by atoms with Crippen molar-refractivity contribution in [3.8, 4) is 11.5 Å². The smallest absolute Gasteiger partial charge is 0.162 e. The van der Waals surface area contributed by atoms with E-state index in [-0.39, 0.29) is 6.04 Å². The van der Waals surface area contributed by atoms with Crippen molar-refractivity contribution in [3.05, 3.63) is 72.7 Å². The largest absolute Gasteiger partial charge is 0.457 e. The van der Waals surface area contributed by atoms with E-state index in [1.807, 2.05) is 65.8 Å².